The minimum atomic E-state index is -0.0531. The molecular formula is C20H22N4O2. The van der Waals surface area contributed by atoms with Crippen molar-refractivity contribution in [1.82, 2.24) is 19.5 Å². The van der Waals surface area contributed by atoms with E-state index in [1.165, 1.54) is 5.56 Å². The predicted octanol–water partition coefficient (Wildman–Crippen LogP) is 3.09. The summed E-state index contributed by atoms with van der Waals surface area (Å²) in [6, 6.07) is 11.7. The molecule has 1 aromatic carbocycles. The van der Waals surface area contributed by atoms with Gasteiger partial charge in [0.1, 0.15) is 5.75 Å². The summed E-state index contributed by atoms with van der Waals surface area (Å²) in [5.41, 5.74) is 3.02. The van der Waals surface area contributed by atoms with Crippen LogP contribution in [0, 0.1) is 13.8 Å². The summed E-state index contributed by atoms with van der Waals surface area (Å²) in [6.07, 6.45) is 3.80. The highest BCUT2D eigenvalue weighted by molar-refractivity contribution is 5.78. The number of carbonyl (C=O) groups is 1. The number of aryl methyl sites for hydroxylation is 2. The number of amides is 1. The van der Waals surface area contributed by atoms with E-state index >= 15 is 0 Å². The van der Waals surface area contributed by atoms with Crippen molar-refractivity contribution in [2.75, 3.05) is 13.2 Å². The van der Waals surface area contributed by atoms with E-state index in [-0.39, 0.29) is 18.6 Å². The van der Waals surface area contributed by atoms with Crippen molar-refractivity contribution < 1.29 is 9.53 Å². The highest BCUT2D eigenvalue weighted by atomic mass is 16.5. The number of rotatable bonds is 4. The van der Waals surface area contributed by atoms with Gasteiger partial charge in [0.2, 0.25) is 0 Å². The molecule has 1 atom stereocenters. The third-order valence-corrected chi connectivity index (χ3v) is 4.89. The Balaban J connectivity index is 1.50. The summed E-state index contributed by atoms with van der Waals surface area (Å²) in [5.74, 6) is 1.56. The lowest BCUT2D eigenvalue weighted by Crippen LogP contribution is -2.35. The standard InChI is InChI=1S/C20H22N4O2/c1-14-8-9-17(15(2)12-14)26-13-19(25)23-11-5-6-16(23)20-22-21-18-7-3-4-10-24(18)20/h3-4,7-10,12,16H,5-6,11,13H2,1-2H3. The second-order valence-corrected chi connectivity index (χ2v) is 6.79. The molecule has 2 aromatic heterocycles. The van der Waals surface area contributed by atoms with Gasteiger partial charge in [0.15, 0.2) is 18.1 Å². The highest BCUT2D eigenvalue weighted by Gasteiger charge is 2.33. The molecule has 4 rings (SSSR count). The number of benzene rings is 1. The van der Waals surface area contributed by atoms with Crippen LogP contribution in [0.4, 0.5) is 0 Å². The molecule has 3 aromatic rings. The molecule has 0 saturated carbocycles. The topological polar surface area (TPSA) is 59.7 Å². The maximum absolute atomic E-state index is 12.8. The zero-order valence-corrected chi connectivity index (χ0v) is 15.1. The summed E-state index contributed by atoms with van der Waals surface area (Å²) < 4.78 is 7.74. The van der Waals surface area contributed by atoms with Gasteiger partial charge in [0, 0.05) is 12.7 Å². The minimum Gasteiger partial charge on any atom is -0.483 e. The van der Waals surface area contributed by atoms with Gasteiger partial charge in [-0.1, -0.05) is 23.8 Å². The summed E-state index contributed by atoms with van der Waals surface area (Å²) in [5, 5.41) is 8.54. The number of hydrogen-bond acceptors (Lipinski definition) is 4. The monoisotopic (exact) mass is 350 g/mol. The molecule has 1 amide bonds. The Kier molecular flexibility index (Phi) is 4.32. The van der Waals surface area contributed by atoms with Crippen molar-refractivity contribution in [2.45, 2.75) is 32.7 Å². The number of hydrogen-bond donors (Lipinski definition) is 0. The van der Waals surface area contributed by atoms with Crippen LogP contribution in [0.3, 0.4) is 0 Å². The molecule has 0 aliphatic carbocycles. The third kappa shape index (κ3) is 3.03. The van der Waals surface area contributed by atoms with Crippen molar-refractivity contribution in [3.63, 3.8) is 0 Å². The summed E-state index contributed by atoms with van der Waals surface area (Å²) in [4.78, 5) is 14.7. The largest absolute Gasteiger partial charge is 0.483 e. The molecule has 6 nitrogen and oxygen atoms in total. The normalized spacial score (nSPS) is 17.0. The first-order valence-electron chi connectivity index (χ1n) is 8.92. The molecule has 1 aliphatic heterocycles. The van der Waals surface area contributed by atoms with Gasteiger partial charge in [-0.3, -0.25) is 9.20 Å². The first-order chi connectivity index (χ1) is 12.6. The maximum atomic E-state index is 12.8. The predicted molar refractivity (Wildman–Crippen MR) is 98.1 cm³/mol. The Hall–Kier alpha value is -2.89. The Labute approximate surface area is 152 Å². The molecule has 3 heterocycles. The van der Waals surface area contributed by atoms with Gasteiger partial charge in [0.25, 0.3) is 5.91 Å². The van der Waals surface area contributed by atoms with E-state index < -0.39 is 0 Å². The molecule has 0 radical (unpaired) electrons. The van der Waals surface area contributed by atoms with Gasteiger partial charge >= 0.3 is 0 Å². The average Bonchev–Trinajstić information content (AvgIpc) is 3.27. The van der Waals surface area contributed by atoms with Gasteiger partial charge in [-0.25, -0.2) is 0 Å². The van der Waals surface area contributed by atoms with Gasteiger partial charge in [0.05, 0.1) is 6.04 Å². The van der Waals surface area contributed by atoms with E-state index in [1.807, 2.05) is 59.7 Å². The lowest BCUT2D eigenvalue weighted by atomic mass is 10.1. The zero-order valence-electron chi connectivity index (χ0n) is 15.1. The molecule has 1 fully saturated rings. The molecule has 1 aliphatic rings. The Bertz CT molecular complexity index is 950. The lowest BCUT2D eigenvalue weighted by molar-refractivity contribution is -0.134. The van der Waals surface area contributed by atoms with Crippen LogP contribution < -0.4 is 4.74 Å². The summed E-state index contributed by atoms with van der Waals surface area (Å²) >= 11 is 0. The smallest absolute Gasteiger partial charge is 0.261 e. The van der Waals surface area contributed by atoms with Crippen molar-refractivity contribution in [3.05, 3.63) is 59.5 Å². The van der Waals surface area contributed by atoms with Crippen LogP contribution in [0.15, 0.2) is 42.6 Å². The second kappa shape index (κ2) is 6.78. The van der Waals surface area contributed by atoms with E-state index in [1.54, 1.807) is 0 Å². The fourth-order valence-corrected chi connectivity index (χ4v) is 3.60. The maximum Gasteiger partial charge on any atom is 0.261 e. The Morgan fingerprint density at radius 2 is 2.12 bits per heavy atom. The highest BCUT2D eigenvalue weighted by Crippen LogP contribution is 2.31. The first kappa shape index (κ1) is 16.6. The number of nitrogens with zero attached hydrogens (tertiary/aromatic N) is 4. The van der Waals surface area contributed by atoms with Crippen molar-refractivity contribution >= 4 is 11.6 Å². The van der Waals surface area contributed by atoms with Gasteiger partial charge in [-0.05, 0) is 50.5 Å². The molecule has 1 saturated heterocycles. The van der Waals surface area contributed by atoms with Crippen LogP contribution in [0.1, 0.15) is 35.8 Å². The van der Waals surface area contributed by atoms with E-state index in [4.69, 9.17) is 4.74 Å². The van der Waals surface area contributed by atoms with E-state index in [9.17, 15) is 4.79 Å². The molecular weight excluding hydrogens is 328 g/mol. The number of aromatic nitrogens is 3. The Morgan fingerprint density at radius 1 is 1.23 bits per heavy atom. The van der Waals surface area contributed by atoms with E-state index in [2.05, 4.69) is 16.3 Å². The molecule has 26 heavy (non-hydrogen) atoms. The van der Waals surface area contributed by atoms with Gasteiger partial charge in [-0.2, -0.15) is 0 Å². The van der Waals surface area contributed by atoms with Crippen molar-refractivity contribution in [1.29, 1.82) is 0 Å². The molecule has 1 unspecified atom stereocenters. The lowest BCUT2D eigenvalue weighted by Gasteiger charge is -2.23. The fourth-order valence-electron chi connectivity index (χ4n) is 3.60. The van der Waals surface area contributed by atoms with Crippen LogP contribution in [0.5, 0.6) is 5.75 Å². The average molecular weight is 350 g/mol. The number of pyridine rings is 1. The van der Waals surface area contributed by atoms with E-state index in [0.29, 0.717) is 0 Å². The number of fused-ring (bicyclic) bond motifs is 1. The van der Waals surface area contributed by atoms with Crippen LogP contribution >= 0.6 is 0 Å². The molecule has 0 spiro atoms. The number of likely N-dealkylation sites (tertiary alicyclic amines) is 1. The van der Waals surface area contributed by atoms with Crippen LogP contribution in [-0.4, -0.2) is 38.6 Å². The Morgan fingerprint density at radius 3 is 2.96 bits per heavy atom. The molecule has 0 N–H and O–H groups in total. The zero-order chi connectivity index (χ0) is 18.1. The fraction of sp³-hybridized carbons (Fsp3) is 0.350. The molecule has 6 heteroatoms. The summed E-state index contributed by atoms with van der Waals surface area (Å²) in [6.45, 7) is 4.80. The molecule has 0 bridgehead atoms. The van der Waals surface area contributed by atoms with Crippen LogP contribution in [0.2, 0.25) is 0 Å². The van der Waals surface area contributed by atoms with Crippen molar-refractivity contribution in [2.24, 2.45) is 0 Å². The number of ether oxygens (including phenoxy) is 1. The van der Waals surface area contributed by atoms with Crippen molar-refractivity contribution in [3.8, 4) is 5.75 Å². The SMILES string of the molecule is Cc1ccc(OCC(=O)N2CCCC2c2nnc3ccccn23)c(C)c1. The van der Waals surface area contributed by atoms with Crippen LogP contribution in [-0.2, 0) is 4.79 Å². The number of carbonyl (C=O) groups excluding carboxylic acids is 1. The van der Waals surface area contributed by atoms with E-state index in [0.717, 1.165) is 42.2 Å². The summed E-state index contributed by atoms with van der Waals surface area (Å²) in [7, 11) is 0. The van der Waals surface area contributed by atoms with Gasteiger partial charge < -0.3 is 9.64 Å². The minimum absolute atomic E-state index is 0.0137. The third-order valence-electron chi connectivity index (χ3n) is 4.89. The quantitative estimate of drug-likeness (QED) is 0.725. The second-order valence-electron chi connectivity index (χ2n) is 6.79. The van der Waals surface area contributed by atoms with Crippen LogP contribution in [0.25, 0.3) is 5.65 Å². The van der Waals surface area contributed by atoms with Gasteiger partial charge in [-0.15, -0.1) is 10.2 Å². The molecule has 134 valence electrons. The first-order valence-corrected chi connectivity index (χ1v) is 8.92.